The average molecular weight is 304 g/mol. The highest BCUT2D eigenvalue weighted by atomic mass is 35.5. The first-order chi connectivity index (χ1) is 10.1. The molecule has 0 N–H and O–H groups in total. The number of halogens is 2. The van der Waals surface area contributed by atoms with Crippen LogP contribution in [-0.2, 0) is 6.42 Å². The van der Waals surface area contributed by atoms with Crippen molar-refractivity contribution < 1.29 is 4.39 Å². The Balaban J connectivity index is 2.36. The van der Waals surface area contributed by atoms with E-state index >= 15 is 0 Å². The minimum Gasteiger partial charge on any atom is -0.277 e. The maximum atomic E-state index is 14.3. The van der Waals surface area contributed by atoms with Gasteiger partial charge in [-0.1, -0.05) is 12.1 Å². The van der Waals surface area contributed by atoms with Crippen molar-refractivity contribution in [3.63, 3.8) is 0 Å². The summed E-state index contributed by atoms with van der Waals surface area (Å²) in [5, 5.41) is 0. The number of para-hydroxylation sites is 1. The second-order valence-electron chi connectivity index (χ2n) is 5.06. The molecule has 2 heterocycles. The maximum Gasteiger partial charge on any atom is 0.164 e. The Hall–Kier alpha value is -1.94. The van der Waals surface area contributed by atoms with Crippen molar-refractivity contribution in [3.8, 4) is 5.69 Å². The SMILES string of the molecule is Cc1cnc2c(c1)nc(CCCl)n2-c1c(C)cccc1F. The number of nitrogens with zero attached hydrogens (tertiary/aromatic N) is 3. The normalized spacial score (nSPS) is 11.2. The molecule has 1 aromatic carbocycles. The van der Waals surface area contributed by atoms with Gasteiger partial charge in [0, 0.05) is 18.5 Å². The van der Waals surface area contributed by atoms with Crippen LogP contribution in [0.4, 0.5) is 4.39 Å². The summed E-state index contributed by atoms with van der Waals surface area (Å²) in [4.78, 5) is 9.00. The number of pyridine rings is 1. The molecule has 108 valence electrons. The summed E-state index contributed by atoms with van der Waals surface area (Å²) >= 11 is 5.87. The Morgan fingerprint density at radius 3 is 2.81 bits per heavy atom. The Labute approximate surface area is 127 Å². The topological polar surface area (TPSA) is 30.7 Å². The molecule has 21 heavy (non-hydrogen) atoms. The van der Waals surface area contributed by atoms with E-state index in [1.54, 1.807) is 16.8 Å². The largest absolute Gasteiger partial charge is 0.277 e. The molecule has 3 aromatic rings. The minimum atomic E-state index is -0.285. The monoisotopic (exact) mass is 303 g/mol. The highest BCUT2D eigenvalue weighted by molar-refractivity contribution is 6.17. The van der Waals surface area contributed by atoms with Gasteiger partial charge in [0.1, 0.15) is 17.2 Å². The van der Waals surface area contributed by atoms with Gasteiger partial charge in [0.15, 0.2) is 5.65 Å². The molecule has 0 radical (unpaired) electrons. The summed E-state index contributed by atoms with van der Waals surface area (Å²) in [5.41, 5.74) is 3.78. The molecule has 0 aliphatic carbocycles. The van der Waals surface area contributed by atoms with Gasteiger partial charge in [-0.05, 0) is 37.1 Å². The fourth-order valence-electron chi connectivity index (χ4n) is 2.51. The van der Waals surface area contributed by atoms with Gasteiger partial charge in [0.25, 0.3) is 0 Å². The van der Waals surface area contributed by atoms with Crippen LogP contribution in [0.2, 0.25) is 0 Å². The molecular formula is C16H15ClFN3. The number of rotatable bonds is 3. The van der Waals surface area contributed by atoms with Crippen LogP contribution >= 0.6 is 11.6 Å². The molecule has 0 atom stereocenters. The smallest absolute Gasteiger partial charge is 0.164 e. The predicted octanol–water partition coefficient (Wildman–Crippen LogP) is 3.96. The third-order valence-electron chi connectivity index (χ3n) is 3.43. The van der Waals surface area contributed by atoms with Gasteiger partial charge < -0.3 is 0 Å². The van der Waals surface area contributed by atoms with Crippen molar-refractivity contribution in [1.29, 1.82) is 0 Å². The summed E-state index contributed by atoms with van der Waals surface area (Å²) < 4.78 is 16.1. The predicted molar refractivity (Wildman–Crippen MR) is 82.7 cm³/mol. The zero-order valence-corrected chi connectivity index (χ0v) is 12.7. The molecule has 0 aliphatic rings. The fraction of sp³-hybridized carbons (Fsp3) is 0.250. The molecule has 0 fully saturated rings. The van der Waals surface area contributed by atoms with Gasteiger partial charge in [-0.3, -0.25) is 4.57 Å². The van der Waals surface area contributed by atoms with Crippen LogP contribution < -0.4 is 0 Å². The number of aryl methyl sites for hydroxylation is 3. The Bertz CT molecular complexity index is 790. The lowest BCUT2D eigenvalue weighted by molar-refractivity contribution is 0.615. The van der Waals surface area contributed by atoms with Gasteiger partial charge >= 0.3 is 0 Å². The van der Waals surface area contributed by atoms with Crippen molar-refractivity contribution in [2.75, 3.05) is 5.88 Å². The maximum absolute atomic E-state index is 14.3. The van der Waals surface area contributed by atoms with Gasteiger partial charge in [0.05, 0.1) is 5.69 Å². The number of imidazole rings is 1. The van der Waals surface area contributed by atoms with Crippen molar-refractivity contribution in [1.82, 2.24) is 14.5 Å². The summed E-state index contributed by atoms with van der Waals surface area (Å²) in [5.74, 6) is 0.870. The summed E-state index contributed by atoms with van der Waals surface area (Å²) in [7, 11) is 0. The van der Waals surface area contributed by atoms with Gasteiger partial charge in [0.2, 0.25) is 0 Å². The first-order valence-electron chi connectivity index (χ1n) is 6.77. The molecule has 2 aromatic heterocycles. The van der Waals surface area contributed by atoms with Crippen molar-refractivity contribution in [3.05, 3.63) is 53.2 Å². The lowest BCUT2D eigenvalue weighted by atomic mass is 10.2. The minimum absolute atomic E-state index is 0.285. The molecule has 0 spiro atoms. The number of hydrogen-bond acceptors (Lipinski definition) is 2. The first-order valence-corrected chi connectivity index (χ1v) is 7.30. The number of hydrogen-bond donors (Lipinski definition) is 0. The van der Waals surface area contributed by atoms with E-state index < -0.39 is 0 Å². The third-order valence-corrected chi connectivity index (χ3v) is 3.62. The summed E-state index contributed by atoms with van der Waals surface area (Å²) in [6, 6.07) is 6.98. The fourth-order valence-corrected chi connectivity index (χ4v) is 2.67. The standard InChI is InChI=1S/C16H15ClFN3/c1-10-8-13-16(19-9-10)21(14(20-13)6-7-17)15-11(2)4-3-5-12(15)18/h3-5,8-9H,6-7H2,1-2H3. The average Bonchev–Trinajstić information content (AvgIpc) is 2.77. The highest BCUT2D eigenvalue weighted by Crippen LogP contribution is 2.25. The van der Waals surface area contributed by atoms with E-state index in [4.69, 9.17) is 11.6 Å². The molecule has 0 unspecified atom stereocenters. The molecule has 3 nitrogen and oxygen atoms in total. The number of aromatic nitrogens is 3. The highest BCUT2D eigenvalue weighted by Gasteiger charge is 2.17. The van der Waals surface area contributed by atoms with Gasteiger partial charge in [-0.2, -0.15) is 0 Å². The number of benzene rings is 1. The molecule has 0 amide bonds. The Morgan fingerprint density at radius 1 is 1.29 bits per heavy atom. The van der Waals surface area contributed by atoms with Crippen LogP contribution in [0.5, 0.6) is 0 Å². The molecular weight excluding hydrogens is 289 g/mol. The molecule has 0 saturated carbocycles. The van der Waals surface area contributed by atoms with E-state index in [1.165, 1.54) is 6.07 Å². The number of fused-ring (bicyclic) bond motifs is 1. The van der Waals surface area contributed by atoms with Crippen LogP contribution in [0.3, 0.4) is 0 Å². The van der Waals surface area contributed by atoms with Crippen molar-refractivity contribution in [2.45, 2.75) is 20.3 Å². The van der Waals surface area contributed by atoms with Crippen LogP contribution in [0, 0.1) is 19.7 Å². The zero-order valence-electron chi connectivity index (χ0n) is 11.9. The van der Waals surface area contributed by atoms with E-state index in [0.29, 0.717) is 23.6 Å². The quantitative estimate of drug-likeness (QED) is 0.686. The molecule has 0 saturated heterocycles. The van der Waals surface area contributed by atoms with E-state index in [-0.39, 0.29) is 5.82 Å². The van der Waals surface area contributed by atoms with Crippen molar-refractivity contribution >= 4 is 22.8 Å². The van der Waals surface area contributed by atoms with E-state index in [1.807, 2.05) is 26.0 Å². The Morgan fingerprint density at radius 2 is 2.10 bits per heavy atom. The zero-order chi connectivity index (χ0) is 15.0. The number of alkyl halides is 1. The van der Waals surface area contributed by atoms with E-state index in [9.17, 15) is 4.39 Å². The van der Waals surface area contributed by atoms with Gasteiger partial charge in [-0.25, -0.2) is 14.4 Å². The molecule has 5 heteroatoms. The molecule has 3 rings (SSSR count). The van der Waals surface area contributed by atoms with Crippen molar-refractivity contribution in [2.24, 2.45) is 0 Å². The third kappa shape index (κ3) is 2.40. The lowest BCUT2D eigenvalue weighted by Gasteiger charge is -2.12. The lowest BCUT2D eigenvalue weighted by Crippen LogP contribution is -2.07. The summed E-state index contributed by atoms with van der Waals surface area (Å²) in [6.07, 6.45) is 2.33. The van der Waals surface area contributed by atoms with Crippen LogP contribution in [0.25, 0.3) is 16.9 Å². The van der Waals surface area contributed by atoms with E-state index in [0.717, 1.165) is 22.5 Å². The summed E-state index contributed by atoms with van der Waals surface area (Å²) in [6.45, 7) is 3.84. The van der Waals surface area contributed by atoms with Crippen LogP contribution in [0.1, 0.15) is 17.0 Å². The second-order valence-corrected chi connectivity index (χ2v) is 5.44. The molecule has 0 bridgehead atoms. The van der Waals surface area contributed by atoms with Crippen LogP contribution in [0.15, 0.2) is 30.5 Å². The second kappa shape index (κ2) is 5.45. The van der Waals surface area contributed by atoms with E-state index in [2.05, 4.69) is 9.97 Å². The van der Waals surface area contributed by atoms with Crippen LogP contribution in [-0.4, -0.2) is 20.4 Å². The molecule has 0 aliphatic heterocycles. The Kier molecular flexibility index (Phi) is 3.64. The van der Waals surface area contributed by atoms with Gasteiger partial charge in [-0.15, -0.1) is 11.6 Å². The first kappa shape index (κ1) is 14.0.